The Bertz CT molecular complexity index is 6930. The van der Waals surface area contributed by atoms with Crippen LogP contribution in [0.5, 0.6) is 0 Å². The van der Waals surface area contributed by atoms with Gasteiger partial charge in [0.05, 0.1) is 67.3 Å². The number of carbonyl (C=O) groups excluding carboxylic acids is 4. The summed E-state index contributed by atoms with van der Waals surface area (Å²) in [4.78, 5) is 82.2. The van der Waals surface area contributed by atoms with Crippen molar-refractivity contribution in [2.45, 2.75) is 13.8 Å². The second-order valence-corrected chi connectivity index (χ2v) is 31.0. The second-order valence-electron chi connectivity index (χ2n) is 31.0. The van der Waals surface area contributed by atoms with Crippen LogP contribution in [0.15, 0.2) is 352 Å². The molecule has 0 bridgehead atoms. The molecular formula is C102H68B5CuF4N10O12-8. The van der Waals surface area contributed by atoms with Crippen LogP contribution in [0.4, 0.5) is 40.0 Å². The molecule has 4 amide bonds. The molecule has 19 rings (SSSR count). The van der Waals surface area contributed by atoms with E-state index < -0.39 is 59.4 Å². The van der Waals surface area contributed by atoms with Gasteiger partial charge in [0, 0.05) is 111 Å². The van der Waals surface area contributed by atoms with E-state index in [1.165, 1.54) is 59.7 Å². The van der Waals surface area contributed by atoms with Gasteiger partial charge in [0.25, 0.3) is 23.6 Å². The SMILES string of the molecule is Cc1cccc(-c2ccc3ccc4ccc(-c5cccc(C)c5)nc4c3n2)c1.F[B-](F)(F)F.O=C(Nc1cccc(B([O-])[O-])c1)c1cccc(-c2ccc3ccc4ccc(-c5cccc(C(=O)Nc6cccc(B([O-])[O-])c6)c5)nc4c3n2)c1.O=C(Nc1cccc(B([O-])[O-])c1)c1cccc(-c2ccc3ccc4ccc(-c5cccc(C(=O)Nc6cccc(B([O-])[O-])c6)c5)nc4c3n2)c1.[Cu+]. The summed E-state index contributed by atoms with van der Waals surface area (Å²) in [5.41, 5.74) is 19.5. The van der Waals surface area contributed by atoms with Gasteiger partial charge in [0.2, 0.25) is 0 Å². The number of fused-ring (bicyclic) bond motifs is 9. The summed E-state index contributed by atoms with van der Waals surface area (Å²) in [6, 6.07) is 104. The minimum absolute atomic E-state index is 0. The number of aromatic nitrogens is 6. The van der Waals surface area contributed by atoms with Crippen LogP contribution in [0.1, 0.15) is 52.6 Å². The van der Waals surface area contributed by atoms with E-state index in [0.717, 1.165) is 65.9 Å². The van der Waals surface area contributed by atoms with Gasteiger partial charge < -0.3 is 78.7 Å². The van der Waals surface area contributed by atoms with Crippen molar-refractivity contribution in [1.29, 1.82) is 0 Å². The Kier molecular flexibility index (Phi) is 28.7. The van der Waals surface area contributed by atoms with E-state index in [4.69, 9.17) is 29.9 Å². The van der Waals surface area contributed by atoms with E-state index in [0.29, 0.717) is 112 Å². The molecule has 19 aromatic rings. The average Bonchev–Trinajstić information content (AvgIpc) is 0.776. The van der Waals surface area contributed by atoms with E-state index >= 15 is 0 Å². The first-order chi connectivity index (χ1) is 64.1. The van der Waals surface area contributed by atoms with Gasteiger partial charge in [-0.3, -0.25) is 19.2 Å². The topological polar surface area (TPSA) is 378 Å². The van der Waals surface area contributed by atoms with Gasteiger partial charge in [-0.2, -0.15) is 0 Å². The monoisotopic (exact) mass is 1820 g/mol. The second kappa shape index (κ2) is 41.3. The Balaban J connectivity index is 0.000000154. The fraction of sp³-hybridized carbons (Fsp3) is 0.0196. The molecule has 0 unspecified atom stereocenters. The number of carbonyl (C=O) groups is 4. The summed E-state index contributed by atoms with van der Waals surface area (Å²) in [6.07, 6.45) is 0. The van der Waals surface area contributed by atoms with Crippen LogP contribution in [-0.2, 0) is 17.1 Å². The number of nitrogens with zero attached hydrogens (tertiary/aromatic N) is 6. The standard InChI is InChI=1S/2C38H24B2N4O6.C26H20N2.BF4.Cu/c2*45-37(41-31-11-3-9-29(21-31)39(47)48)27-7-1-5-25(19-27)33-17-15-23-13-14-24-16-18-34(44-36(24)35(23)43-33)26-6-2-8-28(20-26)38(46)42-32-12-4-10-30(22-32)40(49)50;1-17-5-3-7-21(15-17)23-13-11-19-9-10-20-12-14-24(28-26(20)25(19)27-23)22-8-4-6-18(2)16-22;2-1(3,4)5;/h2*1-22H,(H,41,45)(H,42,46);3-16H,1-2H3;;/q2*-4;;-1;+1. The zero-order valence-corrected chi connectivity index (χ0v) is 71.7. The minimum Gasteiger partial charge on any atom is -0.889 e. The maximum absolute atomic E-state index is 13.1. The molecule has 6 aromatic heterocycles. The van der Waals surface area contributed by atoms with E-state index in [2.05, 4.69) is 120 Å². The van der Waals surface area contributed by atoms with Gasteiger partial charge >= 0.3 is 24.3 Å². The largest absolute Gasteiger partial charge is 1.00 e. The van der Waals surface area contributed by atoms with Crippen LogP contribution < -0.4 is 83.3 Å². The number of hydrogen-bond donors (Lipinski definition) is 4. The molecule has 0 atom stereocenters. The van der Waals surface area contributed by atoms with Gasteiger partial charge in [-0.25, -0.2) is 29.9 Å². The number of nitrogens with one attached hydrogen (secondary N) is 4. The zero-order chi connectivity index (χ0) is 93.1. The predicted octanol–water partition coefficient (Wildman–Crippen LogP) is 10.9. The number of benzene rings is 13. The molecule has 0 radical (unpaired) electrons. The van der Waals surface area contributed by atoms with Crippen molar-refractivity contribution in [2.75, 3.05) is 21.3 Å². The Labute approximate surface area is 776 Å². The summed E-state index contributed by atoms with van der Waals surface area (Å²) >= 11 is 0. The molecule has 0 aliphatic carbocycles. The van der Waals surface area contributed by atoms with Gasteiger partial charge in [-0.1, -0.05) is 246 Å². The van der Waals surface area contributed by atoms with Crippen LogP contribution in [-0.4, -0.2) is 89.3 Å². The summed E-state index contributed by atoms with van der Waals surface area (Å²) in [5.74, 6) is -1.62. The molecule has 0 saturated carbocycles. The first-order valence-corrected chi connectivity index (χ1v) is 41.6. The van der Waals surface area contributed by atoms with Crippen molar-refractivity contribution in [3.05, 3.63) is 385 Å². The van der Waals surface area contributed by atoms with Gasteiger partial charge in [0.15, 0.2) is 0 Å². The molecule has 22 nitrogen and oxygen atoms in total. The molecule has 32 heteroatoms. The van der Waals surface area contributed by atoms with E-state index in [9.17, 15) is 76.6 Å². The van der Waals surface area contributed by atoms with Crippen molar-refractivity contribution in [2.24, 2.45) is 0 Å². The maximum atomic E-state index is 13.1. The van der Waals surface area contributed by atoms with Crippen molar-refractivity contribution >= 4 is 169 Å². The molecule has 0 aliphatic heterocycles. The van der Waals surface area contributed by atoms with Crippen molar-refractivity contribution in [1.82, 2.24) is 29.9 Å². The molecule has 0 saturated heterocycles. The molecule has 660 valence electrons. The fourth-order valence-electron chi connectivity index (χ4n) is 15.0. The molecule has 4 N–H and O–H groups in total. The van der Waals surface area contributed by atoms with Crippen molar-refractivity contribution in [3.63, 3.8) is 0 Å². The quantitative estimate of drug-likeness (QED) is 0.0352. The van der Waals surface area contributed by atoms with Gasteiger partial charge in [-0.05, 0) is 159 Å². The fourth-order valence-corrected chi connectivity index (χ4v) is 15.0. The normalized spacial score (nSPS) is 11.0. The van der Waals surface area contributed by atoms with E-state index in [-0.39, 0.29) is 38.9 Å². The predicted molar refractivity (Wildman–Crippen MR) is 503 cm³/mol. The molecular weight excluding hydrogens is 1750 g/mol. The summed E-state index contributed by atoms with van der Waals surface area (Å²) in [5, 5.41) is 107. The number of halogens is 4. The molecule has 134 heavy (non-hydrogen) atoms. The third-order valence-electron chi connectivity index (χ3n) is 21.5. The number of amides is 4. The third kappa shape index (κ3) is 22.7. The van der Waals surface area contributed by atoms with Crippen molar-refractivity contribution < 1.29 is 93.7 Å². The number of hydrogen-bond acceptors (Lipinski definition) is 18. The smallest absolute Gasteiger partial charge is 0.889 e. The summed E-state index contributed by atoms with van der Waals surface area (Å²) < 4.78 is 39.0. The number of anilines is 4. The number of rotatable bonds is 18. The van der Waals surface area contributed by atoms with Crippen LogP contribution in [0, 0.1) is 13.8 Å². The van der Waals surface area contributed by atoms with Crippen LogP contribution in [0.25, 0.3) is 133 Å². The Morgan fingerprint density at radius 3 is 0.597 bits per heavy atom. The molecule has 0 aliphatic rings. The summed E-state index contributed by atoms with van der Waals surface area (Å²) in [7, 11) is -14.6. The zero-order valence-electron chi connectivity index (χ0n) is 70.8. The van der Waals surface area contributed by atoms with Gasteiger partial charge in [-0.15, -0.1) is 21.9 Å². The van der Waals surface area contributed by atoms with Crippen LogP contribution in [0.2, 0.25) is 0 Å². The van der Waals surface area contributed by atoms with E-state index in [1.807, 2.05) is 97.1 Å². The van der Waals surface area contributed by atoms with Crippen LogP contribution in [0.3, 0.4) is 0 Å². The van der Waals surface area contributed by atoms with E-state index in [1.54, 1.807) is 121 Å². The van der Waals surface area contributed by atoms with Crippen molar-refractivity contribution in [3.8, 4) is 67.5 Å². The average molecular weight is 1820 g/mol. The molecule has 0 spiro atoms. The molecule has 13 aromatic carbocycles. The third-order valence-corrected chi connectivity index (χ3v) is 21.5. The summed E-state index contributed by atoms with van der Waals surface area (Å²) in [6.45, 7) is 4.21. The number of pyridine rings is 6. The Morgan fingerprint density at radius 2 is 0.410 bits per heavy atom. The first kappa shape index (κ1) is 93.1. The number of aryl methyl sites for hydroxylation is 2. The minimum atomic E-state index is -6.00. The maximum Gasteiger partial charge on any atom is 1.00 e. The first-order valence-electron chi connectivity index (χ1n) is 41.6. The van der Waals surface area contributed by atoms with Gasteiger partial charge in [0.1, 0.15) is 0 Å². The molecule has 6 heterocycles. The Hall–Kier alpha value is -15.6. The molecule has 0 fully saturated rings. The Morgan fingerprint density at radius 1 is 0.239 bits per heavy atom. The van der Waals surface area contributed by atoms with Crippen LogP contribution >= 0.6 is 0 Å².